The molecule has 0 atom stereocenters. The molecule has 3 heterocycles. The van der Waals surface area contributed by atoms with Gasteiger partial charge in [-0.15, -0.1) is 10.2 Å². The molecule has 3 aromatic heterocycles. The molecule has 1 fully saturated rings. The van der Waals surface area contributed by atoms with Gasteiger partial charge in [0, 0.05) is 17.3 Å². The molecule has 1 saturated carbocycles. The lowest BCUT2D eigenvalue weighted by molar-refractivity contribution is 0.141. The van der Waals surface area contributed by atoms with Gasteiger partial charge in [-0.1, -0.05) is 61.7 Å². The van der Waals surface area contributed by atoms with Gasteiger partial charge in [-0.25, -0.2) is 4.79 Å². The Bertz CT molecular complexity index is 1630. The fourth-order valence-corrected chi connectivity index (χ4v) is 5.59. The summed E-state index contributed by atoms with van der Waals surface area (Å²) < 4.78 is 13.6. The number of hydrogen-bond acceptors (Lipinski definition) is 7. The maximum atomic E-state index is 13.9. The fourth-order valence-electron chi connectivity index (χ4n) is 5.59. The maximum Gasteiger partial charge on any atom is 0.414 e. The number of carbonyl (C=O) groups excluding carboxylic acids is 1. The highest BCUT2D eigenvalue weighted by Crippen LogP contribution is 2.36. The number of aromatic nitrogens is 6. The minimum absolute atomic E-state index is 0.0350. The predicted octanol–water partition coefficient (Wildman–Crippen LogP) is 6.36. The molecule has 0 unspecified atom stereocenters. The topological polar surface area (TPSA) is 111 Å². The molecule has 41 heavy (non-hydrogen) atoms. The first-order valence-electron chi connectivity index (χ1n) is 14.1. The van der Waals surface area contributed by atoms with Gasteiger partial charge >= 0.3 is 6.09 Å². The number of anilines is 1. The first-order valence-corrected chi connectivity index (χ1v) is 14.1. The van der Waals surface area contributed by atoms with E-state index in [-0.39, 0.29) is 18.7 Å². The first kappa shape index (κ1) is 26.5. The molecule has 2 aromatic carbocycles. The lowest BCUT2D eigenvalue weighted by Gasteiger charge is -2.34. The van der Waals surface area contributed by atoms with Crippen molar-refractivity contribution >= 4 is 17.4 Å². The summed E-state index contributed by atoms with van der Waals surface area (Å²) in [4.78, 5) is 20.3. The van der Waals surface area contributed by atoms with Gasteiger partial charge in [0.25, 0.3) is 0 Å². The number of H-pyrrole nitrogens is 1. The van der Waals surface area contributed by atoms with Crippen molar-refractivity contribution < 1.29 is 14.3 Å². The van der Waals surface area contributed by atoms with Crippen molar-refractivity contribution in [1.29, 1.82) is 0 Å². The molecule has 0 bridgehead atoms. The Morgan fingerprint density at radius 3 is 2.63 bits per heavy atom. The molecule has 0 aliphatic heterocycles. The zero-order valence-electron chi connectivity index (χ0n) is 23.3. The van der Waals surface area contributed by atoms with Crippen LogP contribution in [0.4, 0.5) is 10.5 Å². The number of pyridine rings is 1. The van der Waals surface area contributed by atoms with E-state index in [0.29, 0.717) is 18.3 Å². The van der Waals surface area contributed by atoms with Gasteiger partial charge in [-0.3, -0.25) is 9.30 Å². The van der Waals surface area contributed by atoms with Gasteiger partial charge in [0.2, 0.25) is 11.7 Å². The number of imidazole rings is 1. The molecule has 10 heteroatoms. The molecule has 10 nitrogen and oxygen atoms in total. The highest BCUT2D eigenvalue weighted by molar-refractivity contribution is 5.92. The van der Waals surface area contributed by atoms with E-state index in [9.17, 15) is 4.79 Å². The molecular weight excluding hydrogens is 518 g/mol. The number of carbonyl (C=O) groups is 1. The van der Waals surface area contributed by atoms with Crippen molar-refractivity contribution in [2.45, 2.75) is 58.6 Å². The highest BCUT2D eigenvalue weighted by atomic mass is 16.6. The molecule has 1 amide bonds. The predicted molar refractivity (Wildman–Crippen MR) is 156 cm³/mol. The number of aryl methyl sites for hydroxylation is 1. The SMILES string of the molecule is CCOc1cn2c(COC(=O)N(c3ccc(-c4ccccc4)c(-c4nn[nH]n4)c3)C3CCCCC3)ccc(C)c2n1. The highest BCUT2D eigenvalue weighted by Gasteiger charge is 2.29. The summed E-state index contributed by atoms with van der Waals surface area (Å²) in [5.74, 6) is 1.01. The molecule has 6 rings (SSSR count). The van der Waals surface area contributed by atoms with Gasteiger partial charge < -0.3 is 9.47 Å². The van der Waals surface area contributed by atoms with Gasteiger partial charge in [0.05, 0.1) is 18.5 Å². The second-order valence-corrected chi connectivity index (χ2v) is 10.3. The van der Waals surface area contributed by atoms with E-state index in [2.05, 4.69) is 25.6 Å². The summed E-state index contributed by atoms with van der Waals surface area (Å²) in [5.41, 5.74) is 6.14. The van der Waals surface area contributed by atoms with Gasteiger partial charge in [-0.2, -0.15) is 10.2 Å². The Morgan fingerprint density at radius 2 is 1.88 bits per heavy atom. The lowest BCUT2D eigenvalue weighted by atomic mass is 9.93. The van der Waals surface area contributed by atoms with E-state index < -0.39 is 0 Å². The van der Waals surface area contributed by atoms with Crippen molar-refractivity contribution in [2.75, 3.05) is 11.5 Å². The van der Waals surface area contributed by atoms with Crippen molar-refractivity contribution in [3.8, 4) is 28.4 Å². The third-order valence-corrected chi connectivity index (χ3v) is 7.60. The van der Waals surface area contributed by atoms with Crippen LogP contribution in [0.1, 0.15) is 50.3 Å². The summed E-state index contributed by atoms with van der Waals surface area (Å²) in [6.07, 6.45) is 6.60. The normalized spacial score (nSPS) is 13.8. The second-order valence-electron chi connectivity index (χ2n) is 10.3. The van der Waals surface area contributed by atoms with Crippen LogP contribution in [0.5, 0.6) is 5.88 Å². The van der Waals surface area contributed by atoms with Crippen LogP contribution >= 0.6 is 0 Å². The smallest absolute Gasteiger partial charge is 0.414 e. The number of aromatic amines is 1. The van der Waals surface area contributed by atoms with Gasteiger partial charge in [0.15, 0.2) is 0 Å². The molecule has 210 valence electrons. The van der Waals surface area contributed by atoms with E-state index in [1.54, 1.807) is 0 Å². The molecule has 0 radical (unpaired) electrons. The summed E-state index contributed by atoms with van der Waals surface area (Å²) in [5, 5.41) is 14.9. The summed E-state index contributed by atoms with van der Waals surface area (Å²) in [6, 6.07) is 20.0. The van der Waals surface area contributed by atoms with Gasteiger partial charge in [0.1, 0.15) is 12.3 Å². The standard InChI is InChI=1S/C31H33N7O3/c1-3-40-28-19-37-25(15-14-21(2)30(37)32-28)20-41-31(39)38(23-12-8-5-9-13-23)24-16-17-26(22-10-6-4-7-11-22)27(18-24)29-33-35-36-34-29/h4,6-7,10-11,14-19,23H,3,5,8-9,12-13,20H2,1-2H3,(H,33,34,35,36). The molecule has 0 spiro atoms. The van der Waals surface area contributed by atoms with Crippen LogP contribution in [0.3, 0.4) is 0 Å². The molecule has 1 aliphatic carbocycles. The van der Waals surface area contributed by atoms with Crippen LogP contribution in [0.15, 0.2) is 66.9 Å². The Labute approximate surface area is 238 Å². The number of rotatable bonds is 8. The zero-order chi connectivity index (χ0) is 28.2. The molecule has 1 N–H and O–H groups in total. The Kier molecular flexibility index (Phi) is 7.62. The minimum atomic E-state index is -0.387. The van der Waals surface area contributed by atoms with Crippen molar-refractivity contribution in [1.82, 2.24) is 30.0 Å². The summed E-state index contributed by atoms with van der Waals surface area (Å²) in [6.45, 7) is 4.55. The van der Waals surface area contributed by atoms with E-state index >= 15 is 0 Å². The van der Waals surface area contributed by atoms with E-state index in [1.165, 1.54) is 6.42 Å². The van der Waals surface area contributed by atoms with Crippen molar-refractivity contribution in [3.05, 3.63) is 78.1 Å². The van der Waals surface area contributed by atoms with Crippen molar-refractivity contribution in [3.63, 3.8) is 0 Å². The number of hydrogen-bond donors (Lipinski definition) is 1. The number of nitrogens with zero attached hydrogens (tertiary/aromatic N) is 6. The number of benzene rings is 2. The molecule has 5 aromatic rings. The Hall–Kier alpha value is -4.73. The first-order chi connectivity index (χ1) is 20.1. The zero-order valence-corrected chi connectivity index (χ0v) is 23.3. The average Bonchev–Trinajstić information content (AvgIpc) is 3.70. The van der Waals surface area contributed by atoms with E-state index in [1.807, 2.05) is 90.0 Å². The monoisotopic (exact) mass is 551 g/mol. The number of fused-ring (bicyclic) bond motifs is 1. The number of tetrazole rings is 1. The quantitative estimate of drug-likeness (QED) is 0.239. The van der Waals surface area contributed by atoms with Crippen LogP contribution < -0.4 is 9.64 Å². The third-order valence-electron chi connectivity index (χ3n) is 7.60. The van der Waals surface area contributed by atoms with Crippen LogP contribution in [-0.4, -0.2) is 48.8 Å². The second kappa shape index (κ2) is 11.8. The summed E-state index contributed by atoms with van der Waals surface area (Å²) >= 11 is 0. The fraction of sp³-hybridized carbons (Fsp3) is 0.323. The van der Waals surface area contributed by atoms with E-state index in [4.69, 9.17) is 9.47 Å². The van der Waals surface area contributed by atoms with Crippen molar-refractivity contribution in [2.24, 2.45) is 0 Å². The van der Waals surface area contributed by atoms with E-state index in [0.717, 1.165) is 65.0 Å². The molecular formula is C31H33N7O3. The lowest BCUT2D eigenvalue weighted by Crippen LogP contribution is -2.42. The van der Waals surface area contributed by atoms with Crippen LogP contribution in [0, 0.1) is 6.92 Å². The number of amides is 1. The summed E-state index contributed by atoms with van der Waals surface area (Å²) in [7, 11) is 0. The average molecular weight is 552 g/mol. The van der Waals surface area contributed by atoms with Crippen LogP contribution in [-0.2, 0) is 11.3 Å². The molecule has 1 aliphatic rings. The maximum absolute atomic E-state index is 13.9. The van der Waals surface area contributed by atoms with Gasteiger partial charge in [-0.05, 0) is 66.8 Å². The Morgan fingerprint density at radius 1 is 1.05 bits per heavy atom. The minimum Gasteiger partial charge on any atom is -0.477 e. The van der Waals surface area contributed by atoms with Crippen LogP contribution in [0.2, 0.25) is 0 Å². The molecule has 0 saturated heterocycles. The Balaban J connectivity index is 1.34. The number of nitrogens with one attached hydrogen (secondary N) is 1. The van der Waals surface area contributed by atoms with Crippen LogP contribution in [0.25, 0.3) is 28.2 Å². The number of ether oxygens (including phenoxy) is 2. The third kappa shape index (κ3) is 5.50. The largest absolute Gasteiger partial charge is 0.477 e.